The molecule has 3 nitrogen and oxygen atoms in total. The molecular weight excluding hydrogens is 238 g/mol. The van der Waals surface area contributed by atoms with E-state index in [1.807, 2.05) is 12.1 Å². The molecule has 92 valence electrons. The van der Waals surface area contributed by atoms with Crippen LogP contribution in [0.3, 0.4) is 0 Å². The van der Waals surface area contributed by atoms with Crippen LogP contribution >= 0.6 is 11.6 Å². The van der Waals surface area contributed by atoms with Gasteiger partial charge in [-0.3, -0.25) is 0 Å². The van der Waals surface area contributed by atoms with Gasteiger partial charge in [0.15, 0.2) is 0 Å². The highest BCUT2D eigenvalue weighted by atomic mass is 35.5. The molecule has 0 bridgehead atoms. The van der Waals surface area contributed by atoms with Crippen molar-refractivity contribution in [1.29, 1.82) is 0 Å². The average molecular weight is 254 g/mol. The Hall–Kier alpha value is -0.610. The van der Waals surface area contributed by atoms with E-state index in [2.05, 4.69) is 12.1 Å². The van der Waals surface area contributed by atoms with Gasteiger partial charge in [0.1, 0.15) is 0 Å². The first-order valence-electron chi connectivity index (χ1n) is 5.84. The van der Waals surface area contributed by atoms with Crippen LogP contribution in [-0.4, -0.2) is 33.0 Å². The van der Waals surface area contributed by atoms with Gasteiger partial charge in [-0.2, -0.15) is 0 Å². The Morgan fingerprint density at radius 1 is 1.06 bits per heavy atom. The molecule has 0 atom stereocenters. The van der Waals surface area contributed by atoms with E-state index in [1.54, 1.807) is 0 Å². The molecule has 2 heterocycles. The maximum absolute atomic E-state index is 5.97. The maximum Gasteiger partial charge on any atom is 0.0593 e. The molecule has 2 aliphatic heterocycles. The molecular formula is C13H16ClNO2. The monoisotopic (exact) mass is 253 g/mol. The smallest absolute Gasteiger partial charge is 0.0593 e. The molecule has 2 fully saturated rings. The van der Waals surface area contributed by atoms with Gasteiger partial charge in [0, 0.05) is 17.0 Å². The van der Waals surface area contributed by atoms with E-state index in [0.29, 0.717) is 6.54 Å². The fraction of sp³-hybridized carbons (Fsp3) is 0.538. The zero-order valence-corrected chi connectivity index (χ0v) is 10.4. The van der Waals surface area contributed by atoms with Crippen LogP contribution in [0, 0.1) is 5.41 Å². The summed E-state index contributed by atoms with van der Waals surface area (Å²) in [6.07, 6.45) is 0. The Bertz CT molecular complexity index is 404. The van der Waals surface area contributed by atoms with Gasteiger partial charge in [-0.15, -0.1) is 0 Å². The van der Waals surface area contributed by atoms with Crippen LogP contribution in [0.5, 0.6) is 0 Å². The Labute approximate surface area is 106 Å². The van der Waals surface area contributed by atoms with Gasteiger partial charge in [-0.05, 0) is 17.7 Å². The third kappa shape index (κ3) is 1.47. The largest absolute Gasteiger partial charge is 0.380 e. The molecule has 17 heavy (non-hydrogen) atoms. The molecule has 2 aliphatic rings. The Kier molecular flexibility index (Phi) is 2.67. The molecule has 1 aromatic rings. The van der Waals surface area contributed by atoms with E-state index < -0.39 is 0 Å². The summed E-state index contributed by atoms with van der Waals surface area (Å²) in [5.74, 6) is 0. The van der Waals surface area contributed by atoms with Crippen LogP contribution in [0.4, 0.5) is 0 Å². The van der Waals surface area contributed by atoms with Crippen LogP contribution in [0.2, 0.25) is 5.02 Å². The van der Waals surface area contributed by atoms with Gasteiger partial charge in [-0.1, -0.05) is 23.7 Å². The van der Waals surface area contributed by atoms with Gasteiger partial charge in [-0.25, -0.2) is 0 Å². The zero-order chi connectivity index (χ0) is 11.9. The predicted octanol–water partition coefficient (Wildman–Crippen LogP) is 1.58. The SMILES string of the molecule is NCC1(C2(c3ccc(Cl)cc3)COC2)COC1. The Balaban J connectivity index is 1.99. The lowest BCUT2D eigenvalue weighted by Gasteiger charge is -2.59. The molecule has 2 N–H and O–H groups in total. The van der Waals surface area contributed by atoms with E-state index in [1.165, 1.54) is 5.56 Å². The molecule has 1 aromatic carbocycles. The molecule has 0 spiro atoms. The molecule has 0 aromatic heterocycles. The molecule has 4 heteroatoms. The highest BCUT2D eigenvalue weighted by Gasteiger charge is 2.60. The predicted molar refractivity (Wildman–Crippen MR) is 66.3 cm³/mol. The van der Waals surface area contributed by atoms with E-state index in [0.717, 1.165) is 31.5 Å². The molecule has 0 radical (unpaired) electrons. The molecule has 2 saturated heterocycles. The summed E-state index contributed by atoms with van der Waals surface area (Å²) < 4.78 is 10.9. The van der Waals surface area contributed by atoms with E-state index in [-0.39, 0.29) is 10.8 Å². The Morgan fingerprint density at radius 2 is 1.65 bits per heavy atom. The minimum atomic E-state index is 0.0184. The number of rotatable bonds is 3. The minimum absolute atomic E-state index is 0.0184. The van der Waals surface area contributed by atoms with Gasteiger partial charge in [0.05, 0.1) is 31.8 Å². The van der Waals surface area contributed by atoms with Gasteiger partial charge in [0.2, 0.25) is 0 Å². The number of benzene rings is 1. The van der Waals surface area contributed by atoms with Crippen molar-refractivity contribution in [3.8, 4) is 0 Å². The molecule has 0 aliphatic carbocycles. The third-order valence-corrected chi connectivity index (χ3v) is 4.51. The lowest BCUT2D eigenvalue weighted by Crippen LogP contribution is -2.69. The number of hydrogen-bond acceptors (Lipinski definition) is 3. The first-order valence-corrected chi connectivity index (χ1v) is 6.22. The van der Waals surface area contributed by atoms with Crippen LogP contribution in [0.25, 0.3) is 0 Å². The molecule has 0 unspecified atom stereocenters. The molecule has 3 rings (SSSR count). The van der Waals surface area contributed by atoms with Crippen molar-refractivity contribution in [3.05, 3.63) is 34.9 Å². The topological polar surface area (TPSA) is 44.5 Å². The lowest BCUT2D eigenvalue weighted by atomic mass is 9.57. The zero-order valence-electron chi connectivity index (χ0n) is 9.62. The second kappa shape index (κ2) is 3.95. The summed E-state index contributed by atoms with van der Waals surface area (Å²) in [6, 6.07) is 8.03. The molecule has 0 saturated carbocycles. The van der Waals surface area contributed by atoms with Gasteiger partial charge in [0.25, 0.3) is 0 Å². The summed E-state index contributed by atoms with van der Waals surface area (Å²) in [4.78, 5) is 0. The summed E-state index contributed by atoms with van der Waals surface area (Å²) in [5.41, 5.74) is 7.29. The highest BCUT2D eigenvalue weighted by molar-refractivity contribution is 6.30. The van der Waals surface area contributed by atoms with E-state index >= 15 is 0 Å². The van der Waals surface area contributed by atoms with Crippen molar-refractivity contribution in [2.45, 2.75) is 5.41 Å². The van der Waals surface area contributed by atoms with Crippen molar-refractivity contribution in [3.63, 3.8) is 0 Å². The summed E-state index contributed by atoms with van der Waals surface area (Å²) in [7, 11) is 0. The number of hydrogen-bond donors (Lipinski definition) is 1. The van der Waals surface area contributed by atoms with Gasteiger partial charge < -0.3 is 15.2 Å². The van der Waals surface area contributed by atoms with Crippen molar-refractivity contribution in [2.24, 2.45) is 11.1 Å². The van der Waals surface area contributed by atoms with Crippen molar-refractivity contribution < 1.29 is 9.47 Å². The minimum Gasteiger partial charge on any atom is -0.380 e. The highest BCUT2D eigenvalue weighted by Crippen LogP contribution is 2.51. The maximum atomic E-state index is 5.97. The van der Waals surface area contributed by atoms with Crippen molar-refractivity contribution in [2.75, 3.05) is 33.0 Å². The van der Waals surface area contributed by atoms with Crippen LogP contribution in [0.15, 0.2) is 24.3 Å². The van der Waals surface area contributed by atoms with Crippen LogP contribution in [0.1, 0.15) is 5.56 Å². The second-order valence-corrected chi connectivity index (χ2v) is 5.50. The normalized spacial score (nSPS) is 24.8. The Morgan fingerprint density at radius 3 is 2.00 bits per heavy atom. The average Bonchev–Trinajstić information content (AvgIpc) is 2.22. The van der Waals surface area contributed by atoms with Crippen LogP contribution < -0.4 is 5.73 Å². The van der Waals surface area contributed by atoms with Gasteiger partial charge >= 0.3 is 0 Å². The summed E-state index contributed by atoms with van der Waals surface area (Å²) in [5, 5.41) is 0.760. The fourth-order valence-corrected chi connectivity index (χ4v) is 2.92. The first-order chi connectivity index (χ1) is 8.22. The fourth-order valence-electron chi connectivity index (χ4n) is 2.79. The summed E-state index contributed by atoms with van der Waals surface area (Å²) >= 11 is 5.94. The lowest BCUT2D eigenvalue weighted by molar-refractivity contribution is -0.223. The first kappa shape index (κ1) is 11.5. The number of nitrogens with two attached hydrogens (primary N) is 1. The third-order valence-electron chi connectivity index (χ3n) is 4.26. The standard InChI is InChI=1S/C13H16ClNO2/c14-11-3-1-10(2-4-11)13(8-17-9-13)12(5-15)6-16-7-12/h1-4H,5-9,15H2. The van der Waals surface area contributed by atoms with Crippen molar-refractivity contribution >= 4 is 11.6 Å². The summed E-state index contributed by atoms with van der Waals surface area (Å²) in [6.45, 7) is 3.56. The van der Waals surface area contributed by atoms with Crippen molar-refractivity contribution in [1.82, 2.24) is 0 Å². The second-order valence-electron chi connectivity index (χ2n) is 5.06. The number of halogens is 1. The van der Waals surface area contributed by atoms with Crippen LogP contribution in [-0.2, 0) is 14.9 Å². The quantitative estimate of drug-likeness (QED) is 0.890. The number of ether oxygens (including phenoxy) is 2. The van der Waals surface area contributed by atoms with E-state index in [4.69, 9.17) is 26.8 Å². The molecule has 0 amide bonds. The van der Waals surface area contributed by atoms with E-state index in [9.17, 15) is 0 Å².